The van der Waals surface area contributed by atoms with Crippen LogP contribution in [0.2, 0.25) is 0 Å². The Balaban J connectivity index is 1.89. The summed E-state index contributed by atoms with van der Waals surface area (Å²) >= 11 is 0. The normalized spacial score (nSPS) is 11.8. The van der Waals surface area contributed by atoms with Crippen molar-refractivity contribution in [3.8, 4) is 22.3 Å². The summed E-state index contributed by atoms with van der Waals surface area (Å²) in [4.78, 5) is 4.25. The van der Waals surface area contributed by atoms with Crippen molar-refractivity contribution in [2.24, 2.45) is 0 Å². The Labute approximate surface area is 134 Å². The third-order valence-electron chi connectivity index (χ3n) is 4.46. The fraction of sp³-hybridized carbons (Fsp3) is 0. The molecule has 2 heterocycles. The van der Waals surface area contributed by atoms with E-state index >= 15 is 0 Å². The number of hydrogen-bond donors (Lipinski definition) is 1. The Kier molecular flexibility index (Phi) is 2.53. The van der Waals surface area contributed by atoms with E-state index in [-0.39, 0.29) is 0 Å². The smallest absolute Gasteiger partial charge is 0.0650 e. The summed E-state index contributed by atoms with van der Waals surface area (Å²) < 4.78 is 0. The molecule has 0 unspecified atom stereocenters. The van der Waals surface area contributed by atoms with Crippen LogP contribution < -0.4 is 5.32 Å². The molecule has 0 spiro atoms. The zero-order valence-electron chi connectivity index (χ0n) is 12.5. The molecule has 5 rings (SSSR count). The van der Waals surface area contributed by atoms with Gasteiger partial charge in [0.1, 0.15) is 0 Å². The first-order valence-electron chi connectivity index (χ1n) is 7.74. The van der Waals surface area contributed by atoms with Crippen molar-refractivity contribution >= 4 is 22.1 Å². The molecular weight excluding hydrogens is 280 g/mol. The maximum atomic E-state index is 4.25. The molecule has 0 amide bonds. The van der Waals surface area contributed by atoms with E-state index in [2.05, 4.69) is 77.0 Å². The largest absolute Gasteiger partial charge is 0.353 e. The molecule has 0 saturated heterocycles. The molecule has 2 heteroatoms. The molecular formula is C21H14N2. The van der Waals surface area contributed by atoms with Gasteiger partial charge in [0.25, 0.3) is 0 Å². The van der Waals surface area contributed by atoms with Gasteiger partial charge < -0.3 is 5.32 Å². The number of anilines is 2. The summed E-state index contributed by atoms with van der Waals surface area (Å²) in [6.45, 7) is 0. The van der Waals surface area contributed by atoms with Crippen LogP contribution in [0, 0.1) is 0 Å². The zero-order valence-corrected chi connectivity index (χ0v) is 12.5. The number of aromatic nitrogens is 1. The van der Waals surface area contributed by atoms with Crippen LogP contribution in [-0.4, -0.2) is 4.98 Å². The van der Waals surface area contributed by atoms with Crippen molar-refractivity contribution in [3.63, 3.8) is 0 Å². The standard InChI is InChI=1S/C21H14N2/c1-2-5-14(6-3-1)16-11-15-7-4-8-19-21(15)18(12-16)17-9-10-22-13-20(17)23-19/h1-13,23H. The molecule has 2 nitrogen and oxygen atoms in total. The van der Waals surface area contributed by atoms with Crippen molar-refractivity contribution in [1.82, 2.24) is 4.98 Å². The molecule has 4 aromatic rings. The van der Waals surface area contributed by atoms with E-state index in [0.717, 1.165) is 11.4 Å². The number of hydrogen-bond acceptors (Lipinski definition) is 2. The van der Waals surface area contributed by atoms with Gasteiger partial charge in [0, 0.05) is 22.8 Å². The summed E-state index contributed by atoms with van der Waals surface area (Å²) in [5.74, 6) is 0. The van der Waals surface area contributed by atoms with Crippen LogP contribution in [0.5, 0.6) is 0 Å². The van der Waals surface area contributed by atoms with Gasteiger partial charge in [-0.3, -0.25) is 4.98 Å². The lowest BCUT2D eigenvalue weighted by Crippen LogP contribution is -2.01. The van der Waals surface area contributed by atoms with Crippen molar-refractivity contribution in [2.45, 2.75) is 0 Å². The van der Waals surface area contributed by atoms with Gasteiger partial charge in [0.05, 0.1) is 11.9 Å². The molecule has 1 aliphatic heterocycles. The van der Waals surface area contributed by atoms with Crippen LogP contribution in [0.25, 0.3) is 33.0 Å². The molecule has 0 bridgehead atoms. The molecule has 0 fully saturated rings. The van der Waals surface area contributed by atoms with Crippen LogP contribution >= 0.6 is 0 Å². The molecule has 108 valence electrons. The predicted molar refractivity (Wildman–Crippen MR) is 95.9 cm³/mol. The van der Waals surface area contributed by atoms with Crippen molar-refractivity contribution < 1.29 is 0 Å². The van der Waals surface area contributed by atoms with Gasteiger partial charge in [0.15, 0.2) is 0 Å². The topological polar surface area (TPSA) is 24.9 Å². The Morgan fingerprint density at radius 2 is 1.61 bits per heavy atom. The third kappa shape index (κ3) is 1.85. The summed E-state index contributed by atoms with van der Waals surface area (Å²) in [5.41, 5.74) is 7.19. The lowest BCUT2D eigenvalue weighted by atomic mass is 9.90. The van der Waals surface area contributed by atoms with E-state index in [4.69, 9.17) is 0 Å². The van der Waals surface area contributed by atoms with Crippen molar-refractivity contribution in [1.29, 1.82) is 0 Å². The minimum Gasteiger partial charge on any atom is -0.353 e. The van der Waals surface area contributed by atoms with Gasteiger partial charge in [0.2, 0.25) is 0 Å². The average molecular weight is 294 g/mol. The molecule has 1 N–H and O–H groups in total. The molecule has 1 aromatic heterocycles. The second-order valence-electron chi connectivity index (χ2n) is 5.84. The highest BCUT2D eigenvalue weighted by molar-refractivity contribution is 6.12. The highest BCUT2D eigenvalue weighted by Crippen LogP contribution is 2.44. The number of pyridine rings is 1. The minimum atomic E-state index is 1.07. The fourth-order valence-electron chi connectivity index (χ4n) is 3.42. The monoisotopic (exact) mass is 294 g/mol. The van der Waals surface area contributed by atoms with Crippen molar-refractivity contribution in [3.05, 3.63) is 79.1 Å². The average Bonchev–Trinajstić information content (AvgIpc) is 2.62. The molecule has 0 aliphatic carbocycles. The van der Waals surface area contributed by atoms with Gasteiger partial charge in [-0.05, 0) is 46.3 Å². The Morgan fingerprint density at radius 3 is 2.52 bits per heavy atom. The van der Waals surface area contributed by atoms with E-state index in [0.29, 0.717) is 0 Å². The molecule has 0 radical (unpaired) electrons. The maximum Gasteiger partial charge on any atom is 0.0650 e. The summed E-state index contributed by atoms with van der Waals surface area (Å²) in [6, 6.07) is 23.6. The molecule has 1 aliphatic rings. The van der Waals surface area contributed by atoms with E-state index in [1.54, 1.807) is 0 Å². The van der Waals surface area contributed by atoms with Crippen LogP contribution in [0.4, 0.5) is 11.4 Å². The lowest BCUT2D eigenvalue weighted by Gasteiger charge is -2.22. The number of fused-ring (bicyclic) bond motifs is 2. The first-order valence-corrected chi connectivity index (χ1v) is 7.74. The van der Waals surface area contributed by atoms with Gasteiger partial charge in [-0.1, -0.05) is 42.5 Å². The van der Waals surface area contributed by atoms with E-state index in [1.807, 2.05) is 12.4 Å². The number of nitrogens with zero attached hydrogens (tertiary/aromatic N) is 1. The number of benzene rings is 3. The first kappa shape index (κ1) is 12.4. The highest BCUT2D eigenvalue weighted by Gasteiger charge is 2.18. The Hall–Kier alpha value is -3.13. The van der Waals surface area contributed by atoms with Crippen molar-refractivity contribution in [2.75, 3.05) is 5.32 Å². The lowest BCUT2D eigenvalue weighted by molar-refractivity contribution is 1.32. The van der Waals surface area contributed by atoms with Crippen LogP contribution in [0.3, 0.4) is 0 Å². The quantitative estimate of drug-likeness (QED) is 0.433. The zero-order chi connectivity index (χ0) is 15.2. The van der Waals surface area contributed by atoms with Crippen LogP contribution in [0.1, 0.15) is 0 Å². The molecule has 0 atom stereocenters. The summed E-state index contributed by atoms with van der Waals surface area (Å²) in [7, 11) is 0. The number of rotatable bonds is 1. The molecule has 23 heavy (non-hydrogen) atoms. The Bertz CT molecular complexity index is 1040. The van der Waals surface area contributed by atoms with E-state index < -0.39 is 0 Å². The SMILES string of the molecule is c1ccc(-c2cc3c4c(cccc4c2)Nc2cnccc2-3)cc1. The third-order valence-corrected chi connectivity index (χ3v) is 4.46. The first-order chi connectivity index (χ1) is 11.4. The highest BCUT2D eigenvalue weighted by atomic mass is 14.9. The van der Waals surface area contributed by atoms with Crippen LogP contribution in [0.15, 0.2) is 79.1 Å². The van der Waals surface area contributed by atoms with Gasteiger partial charge in [-0.2, -0.15) is 0 Å². The summed E-state index contributed by atoms with van der Waals surface area (Å²) in [6.07, 6.45) is 3.75. The van der Waals surface area contributed by atoms with Gasteiger partial charge >= 0.3 is 0 Å². The predicted octanol–water partition coefficient (Wildman–Crippen LogP) is 5.63. The van der Waals surface area contributed by atoms with Gasteiger partial charge in [-0.25, -0.2) is 0 Å². The van der Waals surface area contributed by atoms with Gasteiger partial charge in [-0.15, -0.1) is 0 Å². The van der Waals surface area contributed by atoms with E-state index in [9.17, 15) is 0 Å². The second-order valence-corrected chi connectivity index (χ2v) is 5.84. The molecule has 3 aromatic carbocycles. The van der Waals surface area contributed by atoms with E-state index in [1.165, 1.54) is 33.0 Å². The maximum absolute atomic E-state index is 4.25. The fourth-order valence-corrected chi connectivity index (χ4v) is 3.42. The van der Waals surface area contributed by atoms with Crippen LogP contribution in [-0.2, 0) is 0 Å². The summed E-state index contributed by atoms with van der Waals surface area (Å²) in [5, 5.41) is 6.04. The number of nitrogens with one attached hydrogen (secondary N) is 1. The Morgan fingerprint density at radius 1 is 0.696 bits per heavy atom. The molecule has 0 saturated carbocycles. The second kappa shape index (κ2) is 4.68. The minimum absolute atomic E-state index is 1.07.